The fraction of sp³-hybridized carbons (Fsp3) is 0.903. The van der Waals surface area contributed by atoms with Gasteiger partial charge in [-0.1, -0.05) is 72.5 Å². The third kappa shape index (κ3) is 4.84. The van der Waals surface area contributed by atoms with Crippen molar-refractivity contribution in [2.75, 3.05) is 0 Å². The molecule has 2 nitrogen and oxygen atoms in total. The lowest BCUT2D eigenvalue weighted by Crippen LogP contribution is -2.51. The van der Waals surface area contributed by atoms with E-state index < -0.39 is 0 Å². The van der Waals surface area contributed by atoms with Crippen LogP contribution >= 0.6 is 0 Å². The molecule has 0 amide bonds. The van der Waals surface area contributed by atoms with Gasteiger partial charge in [-0.15, -0.1) is 0 Å². The molecule has 0 saturated heterocycles. The molecule has 0 spiro atoms. The highest BCUT2D eigenvalue weighted by Crippen LogP contribution is 2.67. The van der Waals surface area contributed by atoms with Gasteiger partial charge < -0.3 is 4.74 Å². The maximum absolute atomic E-state index is 12.1. The van der Waals surface area contributed by atoms with Gasteiger partial charge in [-0.25, -0.2) is 0 Å². The first-order chi connectivity index (χ1) is 15.7. The molecule has 0 aromatic rings. The predicted octanol–water partition coefficient (Wildman–Crippen LogP) is 8.74. The van der Waals surface area contributed by atoms with Crippen LogP contribution < -0.4 is 0 Å². The lowest BCUT2D eigenvalue weighted by molar-refractivity contribution is -0.151. The van der Waals surface area contributed by atoms with Crippen LogP contribution in [0, 0.1) is 46.3 Å². The number of esters is 1. The number of hydrogen-bond acceptors (Lipinski definition) is 2. The van der Waals surface area contributed by atoms with Crippen LogP contribution in [0.25, 0.3) is 0 Å². The molecule has 0 bridgehead atoms. The zero-order valence-electron chi connectivity index (χ0n) is 22.6. The molecule has 4 aliphatic carbocycles. The monoisotopic (exact) mass is 456 g/mol. The summed E-state index contributed by atoms with van der Waals surface area (Å²) in [6.07, 6.45) is 18.8. The van der Waals surface area contributed by atoms with Gasteiger partial charge in [0.1, 0.15) is 6.10 Å². The Morgan fingerprint density at radius 2 is 1.85 bits per heavy atom. The molecule has 2 heteroatoms. The predicted molar refractivity (Wildman–Crippen MR) is 138 cm³/mol. The number of ether oxygens (including phenoxy) is 1. The van der Waals surface area contributed by atoms with Crippen LogP contribution in [0.5, 0.6) is 0 Å². The minimum Gasteiger partial charge on any atom is -0.462 e. The van der Waals surface area contributed by atoms with Crippen LogP contribution in [0.2, 0.25) is 0 Å². The van der Waals surface area contributed by atoms with E-state index in [0.717, 1.165) is 54.8 Å². The van der Waals surface area contributed by atoms with E-state index in [1.54, 1.807) is 5.57 Å². The summed E-state index contributed by atoms with van der Waals surface area (Å²) >= 11 is 0. The second kappa shape index (κ2) is 10.1. The summed E-state index contributed by atoms with van der Waals surface area (Å²) in [5, 5.41) is 0. The summed E-state index contributed by atoms with van der Waals surface area (Å²) in [7, 11) is 0. The lowest BCUT2D eigenvalue weighted by Gasteiger charge is -2.58. The van der Waals surface area contributed by atoms with Gasteiger partial charge in [-0.05, 0) is 97.7 Å². The fourth-order valence-electron chi connectivity index (χ4n) is 9.20. The van der Waals surface area contributed by atoms with Gasteiger partial charge in [-0.2, -0.15) is 0 Å². The maximum Gasteiger partial charge on any atom is 0.306 e. The van der Waals surface area contributed by atoms with Crippen molar-refractivity contribution < 1.29 is 9.53 Å². The minimum atomic E-state index is 0.00772. The first kappa shape index (κ1) is 25.3. The van der Waals surface area contributed by atoms with E-state index in [0.29, 0.717) is 17.3 Å². The average molecular weight is 457 g/mol. The number of carbonyl (C=O) groups is 1. The second-order valence-electron chi connectivity index (χ2n) is 13.4. The highest BCUT2D eigenvalue weighted by atomic mass is 16.5. The Bertz CT molecular complexity index is 722. The largest absolute Gasteiger partial charge is 0.462 e. The topological polar surface area (TPSA) is 26.3 Å². The van der Waals surface area contributed by atoms with Gasteiger partial charge in [0.2, 0.25) is 0 Å². The third-order valence-corrected chi connectivity index (χ3v) is 11.0. The summed E-state index contributed by atoms with van der Waals surface area (Å²) in [6.45, 7) is 14.6. The van der Waals surface area contributed by atoms with Crippen molar-refractivity contribution in [3.8, 4) is 0 Å². The van der Waals surface area contributed by atoms with Gasteiger partial charge >= 0.3 is 5.97 Å². The molecular weight excluding hydrogens is 404 g/mol. The number of rotatable bonds is 8. The minimum absolute atomic E-state index is 0.00772. The summed E-state index contributed by atoms with van der Waals surface area (Å²) in [6, 6.07) is 0. The fourth-order valence-corrected chi connectivity index (χ4v) is 9.20. The molecule has 0 unspecified atom stereocenters. The van der Waals surface area contributed by atoms with E-state index >= 15 is 0 Å². The average Bonchev–Trinajstić information content (AvgIpc) is 3.11. The lowest BCUT2D eigenvalue weighted by atomic mass is 9.47. The zero-order valence-corrected chi connectivity index (χ0v) is 22.6. The SMILES string of the molecule is CCCC(=O)O[C@H]1CC[C@]2(C)C(=CC[C@H]3[C@H]4CC[C@H]([C@@H](C)CCCC(C)C)[C@]4(C)CC[C@H]32)C1. The number of carbonyl (C=O) groups excluding carboxylic acids is 1. The van der Waals surface area contributed by atoms with Gasteiger partial charge in [0.05, 0.1) is 0 Å². The van der Waals surface area contributed by atoms with Gasteiger partial charge in [-0.3, -0.25) is 4.79 Å². The number of hydrogen-bond donors (Lipinski definition) is 0. The second-order valence-corrected chi connectivity index (χ2v) is 13.4. The van der Waals surface area contributed by atoms with Crippen molar-refractivity contribution >= 4 is 5.97 Å². The third-order valence-electron chi connectivity index (χ3n) is 11.0. The highest BCUT2D eigenvalue weighted by molar-refractivity contribution is 5.69. The first-order valence-corrected chi connectivity index (χ1v) is 14.6. The van der Waals surface area contributed by atoms with Crippen molar-refractivity contribution in [2.24, 2.45) is 46.3 Å². The summed E-state index contributed by atoms with van der Waals surface area (Å²) in [5.74, 6) is 5.31. The molecule has 3 saturated carbocycles. The standard InChI is InChI=1S/C31H52O2/c1-7-9-29(32)33-24-16-18-30(5)23(20-24)12-13-25-27-15-14-26(22(4)11-8-10-21(2)3)31(27,6)19-17-28(25)30/h12,21-22,24-28H,7-11,13-20H2,1-6H3/t22-,24-,25-,26+,27+,28+,30+,31-/m0/s1. The van der Waals surface area contributed by atoms with Crippen molar-refractivity contribution in [1.29, 1.82) is 0 Å². The number of allylic oxidation sites excluding steroid dienone is 1. The molecule has 8 atom stereocenters. The Kier molecular flexibility index (Phi) is 7.72. The van der Waals surface area contributed by atoms with Gasteiger partial charge in [0, 0.05) is 12.8 Å². The van der Waals surface area contributed by atoms with E-state index in [1.807, 2.05) is 0 Å². The molecular formula is C31H52O2. The summed E-state index contributed by atoms with van der Waals surface area (Å²) < 4.78 is 5.85. The van der Waals surface area contributed by atoms with Crippen LogP contribution in [-0.4, -0.2) is 12.1 Å². The van der Waals surface area contributed by atoms with Crippen LogP contribution in [0.1, 0.15) is 125 Å². The zero-order chi connectivity index (χ0) is 23.8. The molecule has 0 aromatic carbocycles. The normalized spacial score (nSPS) is 41.1. The van der Waals surface area contributed by atoms with Crippen LogP contribution in [0.15, 0.2) is 11.6 Å². The summed E-state index contributed by atoms with van der Waals surface area (Å²) in [4.78, 5) is 12.1. The summed E-state index contributed by atoms with van der Waals surface area (Å²) in [5.41, 5.74) is 2.54. The van der Waals surface area contributed by atoms with Crippen LogP contribution in [-0.2, 0) is 9.53 Å². The molecule has 0 heterocycles. The van der Waals surface area contributed by atoms with Crippen LogP contribution in [0.4, 0.5) is 0 Å². The molecule has 0 radical (unpaired) electrons. The highest BCUT2D eigenvalue weighted by Gasteiger charge is 2.59. The molecule has 33 heavy (non-hydrogen) atoms. The molecule has 0 aromatic heterocycles. The van der Waals surface area contributed by atoms with Crippen molar-refractivity contribution in [3.63, 3.8) is 0 Å². The Morgan fingerprint density at radius 3 is 2.58 bits per heavy atom. The van der Waals surface area contributed by atoms with Gasteiger partial charge in [0.15, 0.2) is 0 Å². The van der Waals surface area contributed by atoms with E-state index in [4.69, 9.17) is 4.74 Å². The van der Waals surface area contributed by atoms with Crippen molar-refractivity contribution in [3.05, 3.63) is 11.6 Å². The van der Waals surface area contributed by atoms with Crippen molar-refractivity contribution in [1.82, 2.24) is 0 Å². The molecule has 3 fully saturated rings. The maximum atomic E-state index is 12.1. The Morgan fingerprint density at radius 1 is 1.06 bits per heavy atom. The molecule has 0 N–H and O–H groups in total. The number of fused-ring (bicyclic) bond motifs is 5. The molecule has 188 valence electrons. The molecule has 4 rings (SSSR count). The van der Waals surface area contributed by atoms with E-state index in [9.17, 15) is 4.79 Å². The smallest absolute Gasteiger partial charge is 0.306 e. The van der Waals surface area contributed by atoms with Gasteiger partial charge in [0.25, 0.3) is 0 Å². The quantitative estimate of drug-likeness (QED) is 0.269. The Hall–Kier alpha value is -0.790. The van der Waals surface area contributed by atoms with E-state index in [2.05, 4.69) is 47.6 Å². The Labute approximate surface area is 204 Å². The van der Waals surface area contributed by atoms with Crippen LogP contribution in [0.3, 0.4) is 0 Å². The molecule has 0 aliphatic heterocycles. The Balaban J connectivity index is 1.43. The first-order valence-electron chi connectivity index (χ1n) is 14.6. The van der Waals surface area contributed by atoms with Crippen molar-refractivity contribution in [2.45, 2.75) is 131 Å². The van der Waals surface area contributed by atoms with E-state index in [1.165, 1.54) is 57.8 Å². The van der Waals surface area contributed by atoms with E-state index in [-0.39, 0.29) is 12.1 Å². The molecule has 4 aliphatic rings.